The number of allylic oxidation sites excluding steroid dienone is 2. The van der Waals surface area contributed by atoms with Crippen molar-refractivity contribution in [2.24, 2.45) is 0 Å². The predicted molar refractivity (Wildman–Crippen MR) is 46.3 cm³/mol. The molecule has 58 valence electrons. The maximum absolute atomic E-state index is 11.8. The molecule has 0 bridgehead atoms. The highest BCUT2D eigenvalue weighted by atomic mass is 31.2. The lowest BCUT2D eigenvalue weighted by Gasteiger charge is -2.08. The van der Waals surface area contributed by atoms with Crippen molar-refractivity contribution in [2.45, 2.75) is 20.3 Å². The SMILES string of the molecule is CCCP1(=O)CC=C(C)C1. The number of hydrogen-bond donors (Lipinski definition) is 0. The Morgan fingerprint density at radius 1 is 1.70 bits per heavy atom. The summed E-state index contributed by atoms with van der Waals surface area (Å²) in [5.41, 5.74) is 1.33. The normalized spacial score (nSPS) is 32.4. The van der Waals surface area contributed by atoms with Gasteiger partial charge >= 0.3 is 0 Å². The van der Waals surface area contributed by atoms with Crippen molar-refractivity contribution in [2.75, 3.05) is 18.5 Å². The third-order valence-electron chi connectivity index (χ3n) is 1.94. The van der Waals surface area contributed by atoms with Crippen molar-refractivity contribution in [3.63, 3.8) is 0 Å². The van der Waals surface area contributed by atoms with Crippen molar-refractivity contribution in [3.05, 3.63) is 11.6 Å². The van der Waals surface area contributed by atoms with Crippen LogP contribution in [0.25, 0.3) is 0 Å². The Balaban J connectivity index is 2.53. The predicted octanol–water partition coefficient (Wildman–Crippen LogP) is 2.72. The van der Waals surface area contributed by atoms with Crippen molar-refractivity contribution < 1.29 is 4.57 Å². The van der Waals surface area contributed by atoms with Gasteiger partial charge in [-0.05, 0) is 13.3 Å². The van der Waals surface area contributed by atoms with Crippen LogP contribution in [0.4, 0.5) is 0 Å². The summed E-state index contributed by atoms with van der Waals surface area (Å²) in [7, 11) is -1.72. The summed E-state index contributed by atoms with van der Waals surface area (Å²) >= 11 is 0. The summed E-state index contributed by atoms with van der Waals surface area (Å²) < 4.78 is 11.8. The third kappa shape index (κ3) is 1.73. The minimum Gasteiger partial charge on any atom is -0.323 e. The molecule has 0 amide bonds. The Labute approximate surface area is 62.9 Å². The third-order valence-corrected chi connectivity index (χ3v) is 5.13. The van der Waals surface area contributed by atoms with Gasteiger partial charge in [0.05, 0.1) is 7.14 Å². The molecule has 1 aliphatic rings. The highest BCUT2D eigenvalue weighted by Gasteiger charge is 2.24. The van der Waals surface area contributed by atoms with Crippen molar-refractivity contribution in [3.8, 4) is 0 Å². The molecule has 1 aliphatic heterocycles. The van der Waals surface area contributed by atoms with E-state index in [4.69, 9.17) is 0 Å². The van der Waals surface area contributed by atoms with E-state index >= 15 is 0 Å². The first-order valence-electron chi connectivity index (χ1n) is 3.89. The summed E-state index contributed by atoms with van der Waals surface area (Å²) in [6.45, 7) is 4.18. The number of hydrogen-bond acceptors (Lipinski definition) is 1. The average molecular weight is 158 g/mol. The van der Waals surface area contributed by atoms with Crippen LogP contribution < -0.4 is 0 Å². The van der Waals surface area contributed by atoms with Gasteiger partial charge in [0.1, 0.15) is 0 Å². The highest BCUT2D eigenvalue weighted by Crippen LogP contribution is 2.51. The molecular formula is C8H15OP. The van der Waals surface area contributed by atoms with Crippen LogP contribution in [0.5, 0.6) is 0 Å². The molecule has 0 N–H and O–H groups in total. The number of rotatable bonds is 2. The van der Waals surface area contributed by atoms with Crippen LogP contribution in [0.2, 0.25) is 0 Å². The van der Waals surface area contributed by atoms with E-state index in [1.54, 1.807) is 0 Å². The Morgan fingerprint density at radius 3 is 2.80 bits per heavy atom. The van der Waals surface area contributed by atoms with Crippen LogP contribution in [0, 0.1) is 0 Å². The average Bonchev–Trinajstić information content (AvgIpc) is 2.12. The fraction of sp³-hybridized carbons (Fsp3) is 0.750. The molecule has 2 heteroatoms. The molecule has 0 aromatic heterocycles. The van der Waals surface area contributed by atoms with Gasteiger partial charge in [-0.2, -0.15) is 0 Å². The molecule has 10 heavy (non-hydrogen) atoms. The van der Waals surface area contributed by atoms with Crippen LogP contribution in [0.3, 0.4) is 0 Å². The maximum atomic E-state index is 11.8. The molecule has 1 heterocycles. The molecule has 0 spiro atoms. The van der Waals surface area contributed by atoms with E-state index in [-0.39, 0.29) is 0 Å². The molecular weight excluding hydrogens is 143 g/mol. The lowest BCUT2D eigenvalue weighted by molar-refractivity contribution is 0.578. The summed E-state index contributed by atoms with van der Waals surface area (Å²) in [5, 5.41) is 0. The second-order valence-electron chi connectivity index (χ2n) is 3.17. The Bertz CT molecular complexity index is 193. The Kier molecular flexibility index (Phi) is 2.36. The van der Waals surface area contributed by atoms with Crippen LogP contribution in [0.1, 0.15) is 20.3 Å². The van der Waals surface area contributed by atoms with Gasteiger partial charge in [0.15, 0.2) is 0 Å². The van der Waals surface area contributed by atoms with Crippen LogP contribution in [-0.4, -0.2) is 18.5 Å². The van der Waals surface area contributed by atoms with Gasteiger partial charge in [-0.1, -0.05) is 18.6 Å². The van der Waals surface area contributed by atoms with Crippen molar-refractivity contribution >= 4 is 7.14 Å². The van der Waals surface area contributed by atoms with Gasteiger partial charge in [0, 0.05) is 18.5 Å². The molecule has 0 saturated heterocycles. The summed E-state index contributed by atoms with van der Waals surface area (Å²) in [4.78, 5) is 0. The fourth-order valence-electron chi connectivity index (χ4n) is 1.48. The van der Waals surface area contributed by atoms with E-state index in [1.165, 1.54) is 5.57 Å². The van der Waals surface area contributed by atoms with Crippen molar-refractivity contribution in [1.29, 1.82) is 0 Å². The standard InChI is InChI=1S/C8H15OP/c1-3-5-10(9)6-4-8(2)7-10/h4H,3,5-7H2,1-2H3. The van der Waals surface area contributed by atoms with E-state index in [0.717, 1.165) is 24.9 Å². The lowest BCUT2D eigenvalue weighted by atomic mass is 10.3. The van der Waals surface area contributed by atoms with Crippen molar-refractivity contribution in [1.82, 2.24) is 0 Å². The minimum atomic E-state index is -1.72. The minimum absolute atomic E-state index is 0.868. The Morgan fingerprint density at radius 2 is 2.40 bits per heavy atom. The monoisotopic (exact) mass is 158 g/mol. The molecule has 1 atom stereocenters. The fourth-order valence-corrected chi connectivity index (χ4v) is 4.45. The second-order valence-corrected chi connectivity index (χ2v) is 6.42. The molecule has 0 radical (unpaired) electrons. The zero-order chi connectivity index (χ0) is 7.61. The highest BCUT2D eigenvalue weighted by molar-refractivity contribution is 7.64. The van der Waals surface area contributed by atoms with E-state index in [1.807, 2.05) is 0 Å². The zero-order valence-electron chi connectivity index (χ0n) is 6.76. The van der Waals surface area contributed by atoms with Crippen LogP contribution in [0.15, 0.2) is 11.6 Å². The van der Waals surface area contributed by atoms with E-state index in [0.29, 0.717) is 0 Å². The lowest BCUT2D eigenvalue weighted by Crippen LogP contribution is -1.91. The smallest absolute Gasteiger partial charge is 0.0951 e. The maximum Gasteiger partial charge on any atom is 0.0951 e. The van der Waals surface area contributed by atoms with Crippen LogP contribution in [-0.2, 0) is 4.57 Å². The largest absolute Gasteiger partial charge is 0.323 e. The molecule has 0 aliphatic carbocycles. The van der Waals surface area contributed by atoms with Gasteiger partial charge in [0.2, 0.25) is 0 Å². The second kappa shape index (κ2) is 2.92. The van der Waals surface area contributed by atoms with E-state index in [2.05, 4.69) is 19.9 Å². The van der Waals surface area contributed by atoms with Gasteiger partial charge in [-0.3, -0.25) is 0 Å². The van der Waals surface area contributed by atoms with Gasteiger partial charge in [0.25, 0.3) is 0 Å². The molecule has 1 unspecified atom stereocenters. The quantitative estimate of drug-likeness (QED) is 0.446. The molecule has 0 saturated carbocycles. The molecule has 0 aromatic rings. The first kappa shape index (κ1) is 8.07. The zero-order valence-corrected chi connectivity index (χ0v) is 7.66. The molecule has 1 nitrogen and oxygen atoms in total. The van der Waals surface area contributed by atoms with E-state index in [9.17, 15) is 4.57 Å². The summed E-state index contributed by atoms with van der Waals surface area (Å²) in [6, 6.07) is 0. The molecule has 0 fully saturated rings. The summed E-state index contributed by atoms with van der Waals surface area (Å²) in [6.07, 6.45) is 5.91. The van der Waals surface area contributed by atoms with Gasteiger partial charge in [-0.15, -0.1) is 0 Å². The van der Waals surface area contributed by atoms with Gasteiger partial charge < -0.3 is 4.57 Å². The van der Waals surface area contributed by atoms with E-state index < -0.39 is 7.14 Å². The molecule has 0 aromatic carbocycles. The molecule has 1 rings (SSSR count). The Hall–Kier alpha value is -0.0300. The first-order chi connectivity index (χ1) is 4.66. The first-order valence-corrected chi connectivity index (χ1v) is 6.15. The van der Waals surface area contributed by atoms with Gasteiger partial charge in [-0.25, -0.2) is 0 Å². The van der Waals surface area contributed by atoms with Crippen LogP contribution >= 0.6 is 7.14 Å². The summed E-state index contributed by atoms with van der Waals surface area (Å²) in [5.74, 6) is 0. The topological polar surface area (TPSA) is 17.1 Å².